The van der Waals surface area contributed by atoms with Crippen LogP contribution in [0, 0.1) is 0 Å². The van der Waals surface area contributed by atoms with Gasteiger partial charge in [-0.1, -0.05) is 18.7 Å². The lowest BCUT2D eigenvalue weighted by molar-refractivity contribution is 0.102. The summed E-state index contributed by atoms with van der Waals surface area (Å²) in [5.74, 6) is 2.08. The van der Waals surface area contributed by atoms with Crippen molar-refractivity contribution >= 4 is 17.5 Å². The van der Waals surface area contributed by atoms with Gasteiger partial charge < -0.3 is 13.9 Å². The van der Waals surface area contributed by atoms with Gasteiger partial charge in [0.05, 0.1) is 5.75 Å². The number of nitrogens with zero attached hydrogens (tertiary/aromatic N) is 2. The Morgan fingerprint density at radius 3 is 2.81 bits per heavy atom. The maximum Gasteiger partial charge on any atom is 0.277 e. The summed E-state index contributed by atoms with van der Waals surface area (Å²) in [5, 5.41) is 8.14. The minimum atomic E-state index is -0.0202. The molecule has 0 unspecified atom stereocenters. The first-order valence-electron chi connectivity index (χ1n) is 6.64. The first-order valence-corrected chi connectivity index (χ1v) is 7.63. The molecule has 0 atom stereocenters. The summed E-state index contributed by atoms with van der Waals surface area (Å²) in [6.07, 6.45) is 0.684. The van der Waals surface area contributed by atoms with Crippen LogP contribution in [-0.2, 0) is 6.42 Å². The maximum absolute atomic E-state index is 12.2. The van der Waals surface area contributed by atoms with Crippen molar-refractivity contribution in [2.75, 3.05) is 19.0 Å². The van der Waals surface area contributed by atoms with E-state index in [1.807, 2.05) is 6.92 Å². The van der Waals surface area contributed by atoms with Gasteiger partial charge in [-0.05, 0) is 18.2 Å². The summed E-state index contributed by atoms with van der Waals surface area (Å²) in [6.45, 7) is 2.97. The lowest BCUT2D eigenvalue weighted by atomic mass is 10.1. The van der Waals surface area contributed by atoms with Gasteiger partial charge in [-0.15, -0.1) is 10.2 Å². The van der Waals surface area contributed by atoms with E-state index in [2.05, 4.69) is 10.2 Å². The molecule has 1 aromatic carbocycles. The molecule has 1 aromatic heterocycles. The molecule has 0 aliphatic carbocycles. The number of aromatic nitrogens is 2. The molecule has 110 valence electrons. The largest absolute Gasteiger partial charge is 0.486 e. The van der Waals surface area contributed by atoms with Crippen molar-refractivity contribution in [3.8, 4) is 11.5 Å². The smallest absolute Gasteiger partial charge is 0.277 e. The number of ether oxygens (including phenoxy) is 2. The Kier molecular flexibility index (Phi) is 4.10. The van der Waals surface area contributed by atoms with Crippen LogP contribution >= 0.6 is 11.8 Å². The monoisotopic (exact) mass is 306 g/mol. The molecule has 0 saturated heterocycles. The molecule has 3 rings (SSSR count). The Balaban J connectivity index is 1.65. The Labute approximate surface area is 125 Å². The fraction of sp³-hybridized carbons (Fsp3) is 0.357. The predicted molar refractivity (Wildman–Crippen MR) is 76.2 cm³/mol. The zero-order valence-electron chi connectivity index (χ0n) is 11.5. The Bertz CT molecular complexity index is 656. The highest BCUT2D eigenvalue weighted by Gasteiger charge is 2.16. The van der Waals surface area contributed by atoms with E-state index in [-0.39, 0.29) is 11.5 Å². The van der Waals surface area contributed by atoms with Crippen molar-refractivity contribution in [1.29, 1.82) is 0 Å². The van der Waals surface area contributed by atoms with Crippen LogP contribution in [0.15, 0.2) is 27.8 Å². The van der Waals surface area contributed by atoms with Crippen LogP contribution in [0.3, 0.4) is 0 Å². The second kappa shape index (κ2) is 6.17. The molecule has 6 nitrogen and oxygen atoms in total. The summed E-state index contributed by atoms with van der Waals surface area (Å²) < 4.78 is 16.3. The quantitative estimate of drug-likeness (QED) is 0.620. The molecule has 0 radical (unpaired) electrons. The summed E-state index contributed by atoms with van der Waals surface area (Å²) in [7, 11) is 0. The number of benzene rings is 1. The molecule has 0 amide bonds. The molecule has 1 aliphatic rings. The van der Waals surface area contributed by atoms with Crippen molar-refractivity contribution in [1.82, 2.24) is 10.2 Å². The molecule has 2 aromatic rings. The summed E-state index contributed by atoms with van der Waals surface area (Å²) in [6, 6.07) is 5.21. The van der Waals surface area contributed by atoms with Crippen molar-refractivity contribution < 1.29 is 18.7 Å². The number of hydrogen-bond donors (Lipinski definition) is 0. The van der Waals surface area contributed by atoms with Gasteiger partial charge in [0.15, 0.2) is 17.3 Å². The minimum absolute atomic E-state index is 0.0202. The number of rotatable bonds is 5. The zero-order chi connectivity index (χ0) is 14.7. The topological polar surface area (TPSA) is 74.5 Å². The van der Waals surface area contributed by atoms with E-state index in [0.717, 1.165) is 0 Å². The fourth-order valence-electron chi connectivity index (χ4n) is 1.87. The SMILES string of the molecule is CCc1nnc(SCC(=O)c2ccc3c(c2)OCCO3)o1. The molecule has 0 saturated carbocycles. The second-order valence-corrected chi connectivity index (χ2v) is 5.31. The van der Waals surface area contributed by atoms with Crippen LogP contribution < -0.4 is 9.47 Å². The van der Waals surface area contributed by atoms with Crippen LogP contribution in [-0.4, -0.2) is 34.9 Å². The molecule has 21 heavy (non-hydrogen) atoms. The van der Waals surface area contributed by atoms with Gasteiger partial charge in [0, 0.05) is 12.0 Å². The van der Waals surface area contributed by atoms with Gasteiger partial charge in [0.1, 0.15) is 13.2 Å². The standard InChI is InChI=1S/C14H14N2O4S/c1-2-13-15-16-14(20-13)21-8-10(17)9-3-4-11-12(7-9)19-6-5-18-11/h3-4,7H,2,5-6,8H2,1H3. The number of ketones is 1. The van der Waals surface area contributed by atoms with Gasteiger partial charge in [0.25, 0.3) is 5.22 Å². The van der Waals surface area contributed by atoms with Gasteiger partial charge >= 0.3 is 0 Å². The minimum Gasteiger partial charge on any atom is -0.486 e. The summed E-state index contributed by atoms with van der Waals surface area (Å²) >= 11 is 1.24. The lowest BCUT2D eigenvalue weighted by Crippen LogP contribution is -2.16. The van der Waals surface area contributed by atoms with Crippen LogP contribution in [0.2, 0.25) is 0 Å². The maximum atomic E-state index is 12.2. The van der Waals surface area contributed by atoms with Crippen molar-refractivity contribution in [3.05, 3.63) is 29.7 Å². The number of carbonyl (C=O) groups is 1. The third kappa shape index (κ3) is 3.18. The molecule has 1 aliphatic heterocycles. The number of thioether (sulfide) groups is 1. The molecular weight excluding hydrogens is 292 g/mol. The molecule has 7 heteroatoms. The predicted octanol–water partition coefficient (Wildman–Crippen LogP) is 2.38. The molecule has 0 spiro atoms. The van der Waals surface area contributed by atoms with Crippen LogP contribution in [0.25, 0.3) is 0 Å². The summed E-state index contributed by atoms with van der Waals surface area (Å²) in [4.78, 5) is 12.2. The number of fused-ring (bicyclic) bond motifs is 1. The number of aryl methyl sites for hydroxylation is 1. The molecular formula is C14H14N2O4S. The third-order valence-electron chi connectivity index (χ3n) is 2.94. The highest BCUT2D eigenvalue weighted by molar-refractivity contribution is 7.99. The highest BCUT2D eigenvalue weighted by atomic mass is 32.2. The average molecular weight is 306 g/mol. The van der Waals surface area contributed by atoms with E-state index in [9.17, 15) is 4.79 Å². The molecule has 0 N–H and O–H groups in total. The average Bonchev–Trinajstić information content (AvgIpc) is 3.00. The highest BCUT2D eigenvalue weighted by Crippen LogP contribution is 2.31. The van der Waals surface area contributed by atoms with Gasteiger partial charge in [-0.2, -0.15) is 0 Å². The number of carbonyl (C=O) groups excluding carboxylic acids is 1. The summed E-state index contributed by atoms with van der Waals surface area (Å²) in [5.41, 5.74) is 0.585. The van der Waals surface area contributed by atoms with Crippen molar-refractivity contribution in [3.63, 3.8) is 0 Å². The Morgan fingerprint density at radius 1 is 1.24 bits per heavy atom. The molecule has 0 fully saturated rings. The van der Waals surface area contributed by atoms with E-state index in [1.165, 1.54) is 11.8 Å². The van der Waals surface area contributed by atoms with Gasteiger partial charge in [-0.25, -0.2) is 0 Å². The van der Waals surface area contributed by atoms with E-state index in [0.29, 0.717) is 47.8 Å². The number of hydrogen-bond acceptors (Lipinski definition) is 7. The van der Waals surface area contributed by atoms with Crippen LogP contribution in [0.4, 0.5) is 0 Å². The van der Waals surface area contributed by atoms with E-state index < -0.39 is 0 Å². The Morgan fingerprint density at radius 2 is 2.05 bits per heavy atom. The van der Waals surface area contributed by atoms with E-state index >= 15 is 0 Å². The zero-order valence-corrected chi connectivity index (χ0v) is 12.3. The van der Waals surface area contributed by atoms with E-state index in [4.69, 9.17) is 13.9 Å². The first-order chi connectivity index (χ1) is 10.3. The van der Waals surface area contributed by atoms with Crippen molar-refractivity contribution in [2.45, 2.75) is 18.6 Å². The molecule has 0 bridgehead atoms. The van der Waals surface area contributed by atoms with E-state index in [1.54, 1.807) is 18.2 Å². The first kappa shape index (κ1) is 13.9. The Hall–Kier alpha value is -2.02. The molecule has 2 heterocycles. The fourth-order valence-corrected chi connectivity index (χ4v) is 2.54. The second-order valence-electron chi connectivity index (χ2n) is 4.39. The van der Waals surface area contributed by atoms with Gasteiger partial charge in [-0.3, -0.25) is 4.79 Å². The van der Waals surface area contributed by atoms with Crippen LogP contribution in [0.5, 0.6) is 11.5 Å². The number of Topliss-reactive ketones (excluding diaryl/α,β-unsaturated/α-hetero) is 1. The van der Waals surface area contributed by atoms with Crippen LogP contribution in [0.1, 0.15) is 23.2 Å². The lowest BCUT2D eigenvalue weighted by Gasteiger charge is -2.18. The van der Waals surface area contributed by atoms with Gasteiger partial charge in [0.2, 0.25) is 5.89 Å². The normalized spacial score (nSPS) is 13.2. The third-order valence-corrected chi connectivity index (χ3v) is 3.76. The van der Waals surface area contributed by atoms with Crippen molar-refractivity contribution in [2.24, 2.45) is 0 Å².